The van der Waals surface area contributed by atoms with Crippen LogP contribution in [-0.2, 0) is 19.4 Å². The van der Waals surface area contributed by atoms with Gasteiger partial charge < -0.3 is 19.9 Å². The van der Waals surface area contributed by atoms with Crippen molar-refractivity contribution in [3.05, 3.63) is 41.5 Å². The molecule has 0 spiro atoms. The Labute approximate surface area is 190 Å². The topological polar surface area (TPSA) is 76.4 Å². The van der Waals surface area contributed by atoms with Gasteiger partial charge in [-0.15, -0.1) is 34.2 Å². The van der Waals surface area contributed by atoms with Crippen molar-refractivity contribution in [2.45, 2.75) is 52.5 Å². The average Bonchev–Trinajstić information content (AvgIpc) is 2.93. The number of nitrogens with zero attached hydrogens (tertiary/aromatic N) is 4. The van der Waals surface area contributed by atoms with Crippen molar-refractivity contribution in [1.82, 2.24) is 25.4 Å². The van der Waals surface area contributed by atoms with E-state index in [1.807, 2.05) is 12.1 Å². The quantitative estimate of drug-likeness (QED) is 0.246. The SMILES string of the molecule is CCNC(=NCCc1nnc2n1CCCCC2)NCCOc1ccc(C)cc1.I. The second-order valence-corrected chi connectivity index (χ2v) is 7.09. The van der Waals surface area contributed by atoms with Gasteiger partial charge in [0.15, 0.2) is 5.96 Å². The lowest BCUT2D eigenvalue weighted by Gasteiger charge is -2.12. The summed E-state index contributed by atoms with van der Waals surface area (Å²) >= 11 is 0. The van der Waals surface area contributed by atoms with E-state index < -0.39 is 0 Å². The molecule has 0 unspecified atom stereocenters. The zero-order valence-electron chi connectivity index (χ0n) is 17.5. The Bertz CT molecular complexity index is 759. The van der Waals surface area contributed by atoms with Crippen LogP contribution in [0.3, 0.4) is 0 Å². The molecule has 2 heterocycles. The van der Waals surface area contributed by atoms with Crippen molar-refractivity contribution < 1.29 is 4.74 Å². The molecule has 29 heavy (non-hydrogen) atoms. The van der Waals surface area contributed by atoms with Crippen LogP contribution >= 0.6 is 24.0 Å². The van der Waals surface area contributed by atoms with E-state index in [9.17, 15) is 0 Å². The first-order valence-electron chi connectivity index (χ1n) is 10.4. The smallest absolute Gasteiger partial charge is 0.191 e. The number of halogens is 1. The van der Waals surface area contributed by atoms with Crippen LogP contribution < -0.4 is 15.4 Å². The highest BCUT2D eigenvalue weighted by molar-refractivity contribution is 14.0. The van der Waals surface area contributed by atoms with Gasteiger partial charge in [0.05, 0.1) is 6.54 Å². The second kappa shape index (κ2) is 12.7. The van der Waals surface area contributed by atoms with Gasteiger partial charge >= 0.3 is 0 Å². The van der Waals surface area contributed by atoms with E-state index >= 15 is 0 Å². The molecule has 8 heteroatoms. The number of rotatable bonds is 8. The maximum atomic E-state index is 5.76. The van der Waals surface area contributed by atoms with Crippen LogP contribution in [0.25, 0.3) is 0 Å². The lowest BCUT2D eigenvalue weighted by Crippen LogP contribution is -2.39. The summed E-state index contributed by atoms with van der Waals surface area (Å²) in [6.07, 6.45) is 5.56. The third-order valence-electron chi connectivity index (χ3n) is 4.82. The van der Waals surface area contributed by atoms with Crippen molar-refractivity contribution in [2.75, 3.05) is 26.2 Å². The molecule has 3 rings (SSSR count). The zero-order chi connectivity index (χ0) is 19.6. The lowest BCUT2D eigenvalue weighted by atomic mass is 10.2. The van der Waals surface area contributed by atoms with Crippen LogP contribution in [0.4, 0.5) is 0 Å². The molecule has 2 N–H and O–H groups in total. The minimum Gasteiger partial charge on any atom is -0.492 e. The molecular formula is C21H33IN6O. The highest BCUT2D eigenvalue weighted by Gasteiger charge is 2.14. The Morgan fingerprint density at radius 1 is 1.14 bits per heavy atom. The molecule has 0 bridgehead atoms. The Hall–Kier alpha value is -1.84. The van der Waals surface area contributed by atoms with Gasteiger partial charge in [-0.2, -0.15) is 0 Å². The summed E-state index contributed by atoms with van der Waals surface area (Å²) in [6.45, 7) is 7.97. The van der Waals surface area contributed by atoms with Crippen LogP contribution in [0.1, 0.15) is 43.4 Å². The third kappa shape index (κ3) is 7.49. The number of fused-ring (bicyclic) bond motifs is 1. The summed E-state index contributed by atoms with van der Waals surface area (Å²) in [5.41, 5.74) is 1.23. The molecule has 0 atom stereocenters. The Balaban J connectivity index is 0.00000300. The minimum absolute atomic E-state index is 0. The van der Waals surface area contributed by atoms with Gasteiger partial charge in [-0.1, -0.05) is 24.1 Å². The number of guanidine groups is 1. The van der Waals surface area contributed by atoms with Crippen LogP contribution in [0.2, 0.25) is 0 Å². The summed E-state index contributed by atoms with van der Waals surface area (Å²) < 4.78 is 8.05. The molecule has 1 aliphatic heterocycles. The van der Waals surface area contributed by atoms with E-state index in [4.69, 9.17) is 4.74 Å². The number of aryl methyl sites for hydroxylation is 2. The van der Waals surface area contributed by atoms with Crippen molar-refractivity contribution >= 4 is 29.9 Å². The number of nitrogens with one attached hydrogen (secondary N) is 2. The molecule has 0 amide bonds. The number of hydrogen-bond acceptors (Lipinski definition) is 4. The molecule has 160 valence electrons. The molecule has 0 fully saturated rings. The number of aliphatic imine (C=N–C) groups is 1. The molecule has 1 aromatic heterocycles. The lowest BCUT2D eigenvalue weighted by molar-refractivity contribution is 0.322. The van der Waals surface area contributed by atoms with Gasteiger partial charge in [-0.3, -0.25) is 4.99 Å². The third-order valence-corrected chi connectivity index (χ3v) is 4.82. The fraction of sp³-hybridized carbons (Fsp3) is 0.571. The number of hydrogen-bond donors (Lipinski definition) is 2. The van der Waals surface area contributed by atoms with Crippen molar-refractivity contribution in [3.63, 3.8) is 0 Å². The molecule has 0 saturated carbocycles. The van der Waals surface area contributed by atoms with Gasteiger partial charge in [0.1, 0.15) is 24.0 Å². The van der Waals surface area contributed by atoms with Crippen LogP contribution in [0, 0.1) is 6.92 Å². The van der Waals surface area contributed by atoms with Crippen LogP contribution in [0.15, 0.2) is 29.3 Å². The predicted octanol–water partition coefficient (Wildman–Crippen LogP) is 3.11. The monoisotopic (exact) mass is 512 g/mol. The maximum absolute atomic E-state index is 5.76. The largest absolute Gasteiger partial charge is 0.492 e. The molecule has 7 nitrogen and oxygen atoms in total. The van der Waals surface area contributed by atoms with Crippen molar-refractivity contribution in [3.8, 4) is 5.75 Å². The Kier molecular flexibility index (Phi) is 10.2. The Morgan fingerprint density at radius 3 is 2.76 bits per heavy atom. The molecule has 1 aliphatic rings. The molecule has 0 aliphatic carbocycles. The van der Waals surface area contributed by atoms with Gasteiger partial charge in [-0.05, 0) is 38.8 Å². The standard InChI is InChI=1S/C21H32N6O.HI/c1-3-22-21(24-14-16-28-18-10-8-17(2)9-11-18)23-13-12-20-26-25-19-7-5-4-6-15-27(19)20;/h8-11H,3-7,12-16H2,1-2H3,(H2,22,23,24);1H. The normalized spacial score (nSPS) is 13.8. The average molecular weight is 512 g/mol. The van der Waals surface area contributed by atoms with E-state index in [1.54, 1.807) is 0 Å². The van der Waals surface area contributed by atoms with E-state index in [1.165, 1.54) is 24.8 Å². The first kappa shape index (κ1) is 23.4. The van der Waals surface area contributed by atoms with E-state index in [2.05, 4.69) is 56.4 Å². The van der Waals surface area contributed by atoms with Gasteiger partial charge in [0.25, 0.3) is 0 Å². The summed E-state index contributed by atoms with van der Waals surface area (Å²) in [5.74, 6) is 3.89. The number of benzene rings is 1. The first-order valence-corrected chi connectivity index (χ1v) is 10.4. The first-order chi connectivity index (χ1) is 13.8. The number of aromatic nitrogens is 3. The molecule has 0 radical (unpaired) electrons. The fourth-order valence-corrected chi connectivity index (χ4v) is 3.31. The maximum Gasteiger partial charge on any atom is 0.191 e. The number of ether oxygens (including phenoxy) is 1. The van der Waals surface area contributed by atoms with E-state index in [-0.39, 0.29) is 24.0 Å². The van der Waals surface area contributed by atoms with Crippen LogP contribution in [-0.4, -0.2) is 47.0 Å². The highest BCUT2D eigenvalue weighted by Crippen LogP contribution is 2.14. The van der Waals surface area contributed by atoms with Crippen LogP contribution in [0.5, 0.6) is 5.75 Å². The zero-order valence-corrected chi connectivity index (χ0v) is 19.8. The minimum atomic E-state index is 0. The molecule has 1 aromatic carbocycles. The summed E-state index contributed by atoms with van der Waals surface area (Å²) in [7, 11) is 0. The fourth-order valence-electron chi connectivity index (χ4n) is 3.31. The molecular weight excluding hydrogens is 479 g/mol. The van der Waals surface area contributed by atoms with Gasteiger partial charge in [0.2, 0.25) is 0 Å². The Morgan fingerprint density at radius 2 is 1.97 bits per heavy atom. The summed E-state index contributed by atoms with van der Waals surface area (Å²) in [6, 6.07) is 8.10. The summed E-state index contributed by atoms with van der Waals surface area (Å²) in [4.78, 5) is 4.67. The van der Waals surface area contributed by atoms with E-state index in [0.717, 1.165) is 49.3 Å². The molecule has 2 aromatic rings. The van der Waals surface area contributed by atoms with Gasteiger partial charge in [-0.25, -0.2) is 0 Å². The summed E-state index contributed by atoms with van der Waals surface area (Å²) in [5, 5.41) is 15.4. The second-order valence-electron chi connectivity index (χ2n) is 7.09. The molecule has 0 saturated heterocycles. The van der Waals surface area contributed by atoms with Crippen molar-refractivity contribution in [1.29, 1.82) is 0 Å². The highest BCUT2D eigenvalue weighted by atomic mass is 127. The predicted molar refractivity (Wildman–Crippen MR) is 127 cm³/mol. The van der Waals surface area contributed by atoms with E-state index in [0.29, 0.717) is 19.7 Å². The van der Waals surface area contributed by atoms with Gasteiger partial charge in [0, 0.05) is 32.5 Å². The van der Waals surface area contributed by atoms with Crippen molar-refractivity contribution in [2.24, 2.45) is 4.99 Å².